The summed E-state index contributed by atoms with van der Waals surface area (Å²) in [5.41, 5.74) is 0.266. The van der Waals surface area contributed by atoms with Crippen molar-refractivity contribution < 1.29 is 28.4 Å². The first-order valence-corrected chi connectivity index (χ1v) is 17.9. The lowest BCUT2D eigenvalue weighted by molar-refractivity contribution is -0.225. The number of likely N-dealkylation sites (N-methyl/N-ethyl adjacent to an activating group) is 1. The SMILES string of the molecule is CNC(=O)C(=O)CC[C@H](NC(=O)c1oc2ccccc2c1C)C(=O)Nc1cccn(CC(=O)NC23CC4CC5C6CC(C[C@H]52)C[C@@H]3C6C4)c1=O. The number of carbonyl (C=O) groups excluding carboxylic acids is 5. The lowest BCUT2D eigenvalue weighted by atomic mass is 9.33. The first-order chi connectivity index (χ1) is 24.1. The van der Waals surface area contributed by atoms with Crippen molar-refractivity contribution in [1.29, 1.82) is 0 Å². The molecule has 0 aliphatic heterocycles. The van der Waals surface area contributed by atoms with Crippen LogP contribution in [0, 0.1) is 48.3 Å². The molecule has 8 bridgehead atoms. The Morgan fingerprint density at radius 1 is 0.940 bits per heavy atom. The molecule has 1 aromatic carbocycles. The van der Waals surface area contributed by atoms with E-state index in [0.29, 0.717) is 40.7 Å². The minimum absolute atomic E-state index is 0.00917. The number of furan rings is 1. The van der Waals surface area contributed by atoms with Crippen molar-refractivity contribution in [3.8, 4) is 0 Å². The van der Waals surface area contributed by atoms with Crippen molar-refractivity contribution in [2.24, 2.45) is 41.4 Å². The van der Waals surface area contributed by atoms with Crippen molar-refractivity contribution in [3.63, 3.8) is 0 Å². The van der Waals surface area contributed by atoms with Gasteiger partial charge in [0, 0.05) is 36.2 Å². The van der Waals surface area contributed by atoms with E-state index in [4.69, 9.17) is 4.42 Å². The molecule has 2 unspecified atom stereocenters. The average Bonchev–Trinajstić information content (AvgIpc) is 3.45. The number of anilines is 1. The highest BCUT2D eigenvalue weighted by Gasteiger charge is 2.70. The van der Waals surface area contributed by atoms with Crippen LogP contribution in [0.3, 0.4) is 0 Å². The zero-order valence-corrected chi connectivity index (χ0v) is 28.3. The van der Waals surface area contributed by atoms with Gasteiger partial charge in [-0.05, 0) is 111 Å². The molecule has 10 rings (SSSR count). The van der Waals surface area contributed by atoms with Gasteiger partial charge in [0.2, 0.25) is 17.6 Å². The number of aryl methyl sites for hydroxylation is 1. The number of nitrogens with one attached hydrogen (secondary N) is 4. The minimum atomic E-state index is -1.29. The summed E-state index contributed by atoms with van der Waals surface area (Å²) < 4.78 is 7.06. The van der Waals surface area contributed by atoms with Crippen LogP contribution < -0.4 is 26.8 Å². The number of hydrogen-bond acceptors (Lipinski definition) is 7. The van der Waals surface area contributed by atoms with E-state index in [-0.39, 0.29) is 42.3 Å². The molecule has 0 radical (unpaired) electrons. The van der Waals surface area contributed by atoms with E-state index in [1.807, 2.05) is 12.1 Å². The van der Waals surface area contributed by atoms with Crippen molar-refractivity contribution in [2.45, 2.75) is 76.4 Å². The molecule has 2 heterocycles. The molecular formula is C38H43N5O7. The predicted molar refractivity (Wildman–Crippen MR) is 183 cm³/mol. The standard InChI is InChI=1S/C38H43N5O7/c1-19-22-6-3-4-8-31(22)50-33(19)36(48)40-28(9-10-30(44)35(47)39-2)34(46)41-29-7-5-11-43(37(29)49)18-32(45)42-38-17-21-13-24-23-12-20(15-26(24)38)16-27(38)25(23)14-21/h3-8,11,20-21,23-28H,9-10,12-18H2,1-2H3,(H,39,47)(H,40,48)(H,41,46)(H,42,45)/t20?,21?,23?,24?,25?,26-,27-,28+,38?/m1/s1. The van der Waals surface area contributed by atoms with Crippen LogP contribution in [0.15, 0.2) is 51.8 Å². The van der Waals surface area contributed by atoms with Crippen molar-refractivity contribution in [3.05, 3.63) is 64.3 Å². The lowest BCUT2D eigenvalue weighted by Crippen LogP contribution is -2.76. The fraction of sp³-hybridized carbons (Fsp3) is 0.526. The number of hydrogen-bond donors (Lipinski definition) is 4. The van der Waals surface area contributed by atoms with Gasteiger partial charge in [0.05, 0.1) is 0 Å². The molecule has 7 fully saturated rings. The topological polar surface area (TPSA) is 169 Å². The van der Waals surface area contributed by atoms with Gasteiger partial charge in [0.1, 0.15) is 23.9 Å². The van der Waals surface area contributed by atoms with Gasteiger partial charge in [-0.25, -0.2) is 0 Å². The summed E-state index contributed by atoms with van der Waals surface area (Å²) in [6.07, 6.45) is 8.37. The van der Waals surface area contributed by atoms with Crippen LogP contribution in [0.5, 0.6) is 0 Å². The van der Waals surface area contributed by atoms with Gasteiger partial charge in [-0.2, -0.15) is 0 Å². The fourth-order valence-electron chi connectivity index (χ4n) is 11.0. The summed E-state index contributed by atoms with van der Waals surface area (Å²) in [5, 5.41) is 11.7. The molecule has 12 heteroatoms. The highest BCUT2D eigenvalue weighted by Crippen LogP contribution is 2.72. The number of benzene rings is 1. The van der Waals surface area contributed by atoms with Crippen molar-refractivity contribution in [2.75, 3.05) is 12.4 Å². The maximum absolute atomic E-state index is 13.7. The molecule has 0 spiro atoms. The highest BCUT2D eigenvalue weighted by atomic mass is 16.3. The molecule has 5 atom stereocenters. The Kier molecular flexibility index (Phi) is 7.95. The Balaban J connectivity index is 0.980. The Hall–Kier alpha value is -4.74. The van der Waals surface area contributed by atoms with E-state index in [9.17, 15) is 28.8 Å². The number of nitrogens with zero attached hydrogens (tertiary/aromatic N) is 1. The summed E-state index contributed by atoms with van der Waals surface area (Å²) >= 11 is 0. The molecular weight excluding hydrogens is 638 g/mol. The van der Waals surface area contributed by atoms with E-state index in [2.05, 4.69) is 21.3 Å². The second-order valence-electron chi connectivity index (χ2n) is 15.4. The van der Waals surface area contributed by atoms with Crippen LogP contribution in [-0.2, 0) is 25.7 Å². The molecule has 7 aliphatic carbocycles. The smallest absolute Gasteiger partial charge is 0.287 e. The van der Waals surface area contributed by atoms with Crippen molar-refractivity contribution in [1.82, 2.24) is 20.5 Å². The number of ketones is 1. The number of aromatic nitrogens is 1. The van der Waals surface area contributed by atoms with Gasteiger partial charge in [-0.1, -0.05) is 18.2 Å². The fourth-order valence-corrected chi connectivity index (χ4v) is 11.0. The summed E-state index contributed by atoms with van der Waals surface area (Å²) in [6, 6.07) is 8.86. The number of carbonyl (C=O) groups is 5. The number of amides is 4. The third kappa shape index (κ3) is 5.25. The van der Waals surface area contributed by atoms with Crippen LogP contribution in [0.4, 0.5) is 5.69 Å². The Morgan fingerprint density at radius 3 is 2.38 bits per heavy atom. The van der Waals surface area contributed by atoms with Crippen LogP contribution in [0.2, 0.25) is 0 Å². The third-order valence-corrected chi connectivity index (χ3v) is 12.9. The molecule has 3 aromatic rings. The molecule has 4 amide bonds. The summed E-state index contributed by atoms with van der Waals surface area (Å²) in [5.74, 6) is 1.53. The van der Waals surface area contributed by atoms with Gasteiger partial charge < -0.3 is 30.3 Å². The number of Topliss-reactive ketones (excluding diaryl/α,β-unsaturated/α-hetero) is 1. The monoisotopic (exact) mass is 681 g/mol. The molecule has 2 aromatic heterocycles. The Morgan fingerprint density at radius 2 is 1.66 bits per heavy atom. The number of fused-ring (bicyclic) bond motifs is 1. The van der Waals surface area contributed by atoms with Crippen LogP contribution in [-0.4, -0.2) is 52.6 Å². The average molecular weight is 682 g/mol. The second kappa shape index (κ2) is 12.2. The van der Waals surface area contributed by atoms with Gasteiger partial charge in [0.25, 0.3) is 17.4 Å². The number of pyridine rings is 1. The van der Waals surface area contributed by atoms with Gasteiger partial charge in [-0.15, -0.1) is 0 Å². The Bertz CT molecular complexity index is 1960. The summed E-state index contributed by atoms with van der Waals surface area (Å²) in [4.78, 5) is 78.5. The molecule has 7 saturated carbocycles. The number of rotatable bonds is 11. The summed E-state index contributed by atoms with van der Waals surface area (Å²) in [7, 11) is 1.33. The van der Waals surface area contributed by atoms with Gasteiger partial charge in [-0.3, -0.25) is 28.8 Å². The highest BCUT2D eigenvalue weighted by molar-refractivity contribution is 6.36. The van der Waals surface area contributed by atoms with Gasteiger partial charge >= 0.3 is 0 Å². The zero-order chi connectivity index (χ0) is 34.9. The van der Waals surface area contributed by atoms with Crippen LogP contribution >= 0.6 is 0 Å². The second-order valence-corrected chi connectivity index (χ2v) is 15.4. The quantitative estimate of drug-likeness (QED) is 0.225. The predicted octanol–water partition coefficient (Wildman–Crippen LogP) is 3.31. The van der Waals surface area contributed by atoms with E-state index in [1.165, 1.54) is 56.0 Å². The molecule has 7 aliphatic rings. The largest absolute Gasteiger partial charge is 0.451 e. The number of para-hydroxylation sites is 1. The van der Waals surface area contributed by atoms with Gasteiger partial charge in [0.15, 0.2) is 5.76 Å². The maximum atomic E-state index is 13.7. The van der Waals surface area contributed by atoms with E-state index < -0.39 is 35.1 Å². The van der Waals surface area contributed by atoms with E-state index in [0.717, 1.165) is 23.6 Å². The summed E-state index contributed by atoms with van der Waals surface area (Å²) in [6.45, 7) is 1.55. The van der Waals surface area contributed by atoms with Crippen molar-refractivity contribution >= 4 is 46.1 Å². The molecule has 50 heavy (non-hydrogen) atoms. The zero-order valence-electron chi connectivity index (χ0n) is 28.3. The normalized spacial score (nSPS) is 30.2. The van der Waals surface area contributed by atoms with Crippen LogP contribution in [0.25, 0.3) is 11.0 Å². The lowest BCUT2D eigenvalue weighted by Gasteiger charge is -2.74. The van der Waals surface area contributed by atoms with E-state index in [1.54, 1.807) is 25.1 Å². The Labute approximate surface area is 289 Å². The first kappa shape index (κ1) is 32.5. The first-order valence-electron chi connectivity index (χ1n) is 17.9. The maximum Gasteiger partial charge on any atom is 0.287 e. The minimum Gasteiger partial charge on any atom is -0.451 e. The molecule has 4 N–H and O–H groups in total. The molecule has 12 nitrogen and oxygen atoms in total. The third-order valence-electron chi connectivity index (χ3n) is 12.9. The van der Waals surface area contributed by atoms with Crippen LogP contribution in [0.1, 0.15) is 67.5 Å². The molecule has 262 valence electrons. The van der Waals surface area contributed by atoms with E-state index >= 15 is 0 Å². The molecule has 0 saturated heterocycles.